The van der Waals surface area contributed by atoms with Crippen molar-refractivity contribution in [2.45, 2.75) is 13.5 Å². The average Bonchev–Trinajstić information content (AvgIpc) is 2.94. The zero-order chi connectivity index (χ0) is 12.7. The Labute approximate surface area is 116 Å². The maximum Gasteiger partial charge on any atom is 0.263 e. The first-order valence-corrected chi connectivity index (χ1v) is 7.57. The lowest BCUT2D eigenvalue weighted by atomic mass is 10.3. The summed E-state index contributed by atoms with van der Waals surface area (Å²) in [4.78, 5) is 17.5. The highest BCUT2D eigenvalue weighted by Crippen LogP contribution is 2.18. The van der Waals surface area contributed by atoms with E-state index in [2.05, 4.69) is 11.1 Å². The molecule has 0 unspecified atom stereocenters. The number of hydrogen-bond donors (Lipinski definition) is 1. The number of thiophene rings is 2. The molecule has 18 heavy (non-hydrogen) atoms. The summed E-state index contributed by atoms with van der Waals surface area (Å²) < 4.78 is 2.12. The van der Waals surface area contributed by atoms with E-state index in [-0.39, 0.29) is 5.56 Å². The third-order valence-corrected chi connectivity index (χ3v) is 5.04. The van der Waals surface area contributed by atoms with Crippen LogP contribution in [0.1, 0.15) is 10.4 Å². The molecule has 0 aliphatic carbocycles. The van der Waals surface area contributed by atoms with E-state index >= 15 is 0 Å². The summed E-state index contributed by atoms with van der Waals surface area (Å²) in [6, 6.07) is 3.90. The lowest BCUT2D eigenvalue weighted by Gasteiger charge is -2.05. The Hall–Kier alpha value is -1.24. The fourth-order valence-electron chi connectivity index (χ4n) is 1.83. The summed E-state index contributed by atoms with van der Waals surface area (Å²) in [5.74, 6) is 0. The van der Waals surface area contributed by atoms with Gasteiger partial charge in [-0.05, 0) is 47.6 Å². The van der Waals surface area contributed by atoms with Crippen LogP contribution in [0.15, 0.2) is 27.7 Å². The highest BCUT2D eigenvalue weighted by molar-refractivity contribution is 7.71. The van der Waals surface area contributed by atoms with Crippen molar-refractivity contribution in [1.29, 1.82) is 0 Å². The van der Waals surface area contributed by atoms with Crippen molar-refractivity contribution in [1.82, 2.24) is 9.55 Å². The molecule has 3 heterocycles. The molecule has 0 saturated heterocycles. The zero-order valence-electron chi connectivity index (χ0n) is 9.60. The summed E-state index contributed by atoms with van der Waals surface area (Å²) in [6.45, 7) is 2.59. The van der Waals surface area contributed by atoms with Crippen LogP contribution in [0.4, 0.5) is 0 Å². The van der Waals surface area contributed by atoms with Crippen LogP contribution in [0.3, 0.4) is 0 Å². The first-order valence-electron chi connectivity index (χ1n) is 5.40. The number of aromatic amines is 1. The van der Waals surface area contributed by atoms with Gasteiger partial charge >= 0.3 is 0 Å². The Balaban J connectivity index is 2.20. The lowest BCUT2D eigenvalue weighted by molar-refractivity contribution is 0.742. The number of nitrogens with one attached hydrogen (secondary N) is 1. The molecule has 6 heteroatoms. The van der Waals surface area contributed by atoms with Crippen LogP contribution in [-0.4, -0.2) is 9.55 Å². The van der Waals surface area contributed by atoms with E-state index in [9.17, 15) is 4.79 Å². The van der Waals surface area contributed by atoms with Crippen molar-refractivity contribution >= 4 is 45.1 Å². The second kappa shape index (κ2) is 4.46. The second-order valence-electron chi connectivity index (χ2n) is 4.01. The van der Waals surface area contributed by atoms with E-state index in [1.807, 2.05) is 23.8 Å². The first-order chi connectivity index (χ1) is 8.66. The van der Waals surface area contributed by atoms with Gasteiger partial charge in [-0.2, -0.15) is 0 Å². The van der Waals surface area contributed by atoms with Crippen molar-refractivity contribution in [3.8, 4) is 0 Å². The van der Waals surface area contributed by atoms with Crippen molar-refractivity contribution < 1.29 is 0 Å². The molecule has 0 bridgehead atoms. The summed E-state index contributed by atoms with van der Waals surface area (Å²) in [5.41, 5.74) is 1.19. The third kappa shape index (κ3) is 1.86. The van der Waals surface area contributed by atoms with Crippen molar-refractivity contribution in [2.75, 3.05) is 0 Å². The number of fused-ring (bicyclic) bond motifs is 1. The number of hydrogen-bond acceptors (Lipinski definition) is 4. The maximum absolute atomic E-state index is 12.3. The van der Waals surface area contributed by atoms with E-state index < -0.39 is 0 Å². The molecule has 1 N–H and O–H groups in total. The van der Waals surface area contributed by atoms with E-state index in [0.717, 1.165) is 4.83 Å². The van der Waals surface area contributed by atoms with Crippen LogP contribution in [0.5, 0.6) is 0 Å². The fourth-order valence-corrected chi connectivity index (χ4v) is 3.82. The molecule has 3 aromatic heterocycles. The molecule has 0 aliphatic rings. The van der Waals surface area contributed by atoms with Gasteiger partial charge in [-0.1, -0.05) is 0 Å². The summed E-state index contributed by atoms with van der Waals surface area (Å²) >= 11 is 8.42. The van der Waals surface area contributed by atoms with Gasteiger partial charge < -0.3 is 4.98 Å². The highest BCUT2D eigenvalue weighted by Gasteiger charge is 2.08. The fraction of sp³-hybridized carbons (Fsp3) is 0.167. The van der Waals surface area contributed by atoms with Gasteiger partial charge in [0.05, 0.1) is 11.9 Å². The van der Waals surface area contributed by atoms with E-state index in [1.54, 1.807) is 15.9 Å². The normalized spacial score (nSPS) is 11.2. The third-order valence-electron chi connectivity index (χ3n) is 2.88. The molecule has 0 fully saturated rings. The van der Waals surface area contributed by atoms with Crippen molar-refractivity contribution in [3.05, 3.63) is 48.5 Å². The molecule has 0 aromatic carbocycles. The molecule has 0 aliphatic heterocycles. The standard InChI is InChI=1S/C12H10N2OS3/c1-7-2-4-17-9(7)6-14-11(15)8-3-5-18-10(8)13-12(14)16/h2-5H,6H2,1H3,(H,13,16). The molecule has 3 nitrogen and oxygen atoms in total. The van der Waals surface area contributed by atoms with E-state index in [4.69, 9.17) is 12.2 Å². The van der Waals surface area contributed by atoms with Gasteiger partial charge in [0.25, 0.3) is 5.56 Å². The Morgan fingerprint density at radius 2 is 2.11 bits per heavy atom. The average molecular weight is 294 g/mol. The first kappa shape index (κ1) is 11.8. The Morgan fingerprint density at radius 3 is 2.83 bits per heavy atom. The van der Waals surface area contributed by atoms with Gasteiger partial charge in [-0.3, -0.25) is 9.36 Å². The smallest absolute Gasteiger partial charge is 0.263 e. The largest absolute Gasteiger partial charge is 0.323 e. The monoisotopic (exact) mass is 294 g/mol. The molecular formula is C12H10N2OS3. The van der Waals surface area contributed by atoms with Crippen molar-refractivity contribution in [2.24, 2.45) is 0 Å². The lowest BCUT2D eigenvalue weighted by Crippen LogP contribution is -2.22. The molecular weight excluding hydrogens is 284 g/mol. The molecule has 0 atom stereocenters. The summed E-state index contributed by atoms with van der Waals surface area (Å²) in [6.07, 6.45) is 0. The predicted molar refractivity (Wildman–Crippen MR) is 79.4 cm³/mol. The van der Waals surface area contributed by atoms with E-state index in [1.165, 1.54) is 21.8 Å². The van der Waals surface area contributed by atoms with Crippen LogP contribution >= 0.6 is 34.9 Å². The molecule has 0 amide bonds. The minimum atomic E-state index is -0.0113. The highest BCUT2D eigenvalue weighted by atomic mass is 32.1. The van der Waals surface area contributed by atoms with Crippen LogP contribution in [0.2, 0.25) is 0 Å². The molecule has 3 aromatic rings. The second-order valence-corrected chi connectivity index (χ2v) is 6.32. The van der Waals surface area contributed by atoms with Crippen LogP contribution in [-0.2, 0) is 6.54 Å². The number of rotatable bonds is 2. The number of aryl methyl sites for hydroxylation is 1. The van der Waals surface area contributed by atoms with Gasteiger partial charge in [0.2, 0.25) is 0 Å². The van der Waals surface area contributed by atoms with Gasteiger partial charge in [0.15, 0.2) is 4.77 Å². The molecule has 0 saturated carbocycles. The molecule has 0 spiro atoms. The van der Waals surface area contributed by atoms with Crippen LogP contribution in [0, 0.1) is 11.7 Å². The predicted octanol–water partition coefficient (Wildman–Crippen LogP) is 3.54. The van der Waals surface area contributed by atoms with Crippen molar-refractivity contribution in [3.63, 3.8) is 0 Å². The van der Waals surface area contributed by atoms with Crippen LogP contribution in [0.25, 0.3) is 10.2 Å². The maximum atomic E-state index is 12.3. The molecule has 3 rings (SSSR count). The van der Waals surface area contributed by atoms with Gasteiger partial charge in [-0.25, -0.2) is 0 Å². The van der Waals surface area contributed by atoms with Gasteiger partial charge in [0.1, 0.15) is 4.83 Å². The van der Waals surface area contributed by atoms with Gasteiger partial charge in [-0.15, -0.1) is 22.7 Å². The summed E-state index contributed by atoms with van der Waals surface area (Å²) in [5, 5.41) is 4.65. The Kier molecular flexibility index (Phi) is 2.93. The minimum Gasteiger partial charge on any atom is -0.323 e. The Bertz CT molecular complexity index is 822. The number of nitrogens with zero attached hydrogens (tertiary/aromatic N) is 1. The molecule has 0 radical (unpaired) electrons. The molecule has 92 valence electrons. The summed E-state index contributed by atoms with van der Waals surface area (Å²) in [7, 11) is 0. The zero-order valence-corrected chi connectivity index (χ0v) is 12.0. The quantitative estimate of drug-likeness (QED) is 0.734. The topological polar surface area (TPSA) is 37.8 Å². The minimum absolute atomic E-state index is 0.0113. The Morgan fingerprint density at radius 1 is 1.33 bits per heavy atom. The van der Waals surface area contributed by atoms with E-state index in [0.29, 0.717) is 16.7 Å². The SMILES string of the molecule is Cc1ccsc1Cn1c(=S)[nH]c2sccc2c1=O. The number of H-pyrrole nitrogens is 1. The number of aromatic nitrogens is 2. The van der Waals surface area contributed by atoms with Crippen LogP contribution < -0.4 is 5.56 Å². The van der Waals surface area contributed by atoms with Gasteiger partial charge in [0, 0.05) is 4.88 Å².